The molecular formula is C35H57N5O7. The molecule has 0 aromatic rings. The Kier molecular flexibility index (Phi) is 12.0. The topological polar surface area (TPSA) is 177 Å². The molecule has 4 rings (SSSR count). The Labute approximate surface area is 279 Å². The minimum absolute atomic E-state index is 0.0571. The molecule has 3 aliphatic carbocycles. The van der Waals surface area contributed by atoms with E-state index in [2.05, 4.69) is 16.0 Å². The number of carbonyl (C=O) groups excluding carboxylic acids is 6. The first-order valence-electron chi connectivity index (χ1n) is 17.9. The van der Waals surface area contributed by atoms with Crippen molar-refractivity contribution in [3.8, 4) is 0 Å². The fourth-order valence-electron chi connectivity index (χ4n) is 7.78. The van der Waals surface area contributed by atoms with E-state index >= 15 is 0 Å². The van der Waals surface area contributed by atoms with Crippen LogP contribution < -0.4 is 21.7 Å². The van der Waals surface area contributed by atoms with Crippen molar-refractivity contribution in [1.29, 1.82) is 0 Å². The quantitative estimate of drug-likeness (QED) is 0.183. The third-order valence-electron chi connectivity index (χ3n) is 10.5. The molecule has 264 valence electrons. The normalized spacial score (nSPS) is 24.6. The summed E-state index contributed by atoms with van der Waals surface area (Å²) < 4.78 is 5.74. The van der Waals surface area contributed by atoms with Gasteiger partial charge in [-0.2, -0.15) is 0 Å². The summed E-state index contributed by atoms with van der Waals surface area (Å²) in [6.07, 6.45) is 10.6. The number of urea groups is 1. The maximum absolute atomic E-state index is 14.5. The SMILES string of the molecule is CC(C)C1CCN(C(=O)C(NC(=O)NC2(C(=O)OC(C)(C)C)CCCCC2)C2CCCCC2)[C@@H]1C(=O)NC(CC1CC1)C(=O)C(N)=O. The van der Waals surface area contributed by atoms with E-state index in [9.17, 15) is 28.8 Å². The maximum atomic E-state index is 14.5. The van der Waals surface area contributed by atoms with Crippen molar-refractivity contribution in [2.24, 2.45) is 29.4 Å². The van der Waals surface area contributed by atoms with E-state index in [1.54, 1.807) is 25.7 Å². The van der Waals surface area contributed by atoms with Crippen LogP contribution in [0.4, 0.5) is 4.79 Å². The van der Waals surface area contributed by atoms with Crippen molar-refractivity contribution in [3.63, 3.8) is 0 Å². The Balaban J connectivity index is 1.57. The van der Waals surface area contributed by atoms with Crippen molar-refractivity contribution < 1.29 is 33.5 Å². The lowest BCUT2D eigenvalue weighted by molar-refractivity contribution is -0.164. The number of carbonyl (C=O) groups is 6. The first-order valence-corrected chi connectivity index (χ1v) is 17.9. The van der Waals surface area contributed by atoms with Gasteiger partial charge in [-0.05, 0) is 83.0 Å². The van der Waals surface area contributed by atoms with Crippen LogP contribution in [0.5, 0.6) is 0 Å². The Morgan fingerprint density at radius 2 is 1.49 bits per heavy atom. The standard InChI is InChI=1S/C35H57N5O7/c1-21(2)24-16-19-40(27(24)30(43)37-25(20-22-14-15-22)28(41)29(36)42)31(44)26(23-12-8-6-9-13-23)38-33(46)39-35(17-10-7-11-18-35)32(45)47-34(3,4)5/h21-27H,6-20H2,1-5H3,(H2,36,42)(H,37,43)(H2,38,39,46)/t24?,25?,26?,27-/m0/s1. The third-order valence-corrected chi connectivity index (χ3v) is 10.5. The average molecular weight is 660 g/mol. The second-order valence-electron chi connectivity index (χ2n) is 15.8. The summed E-state index contributed by atoms with van der Waals surface area (Å²) in [6, 6.07) is -3.40. The summed E-state index contributed by atoms with van der Waals surface area (Å²) in [6.45, 7) is 9.71. The van der Waals surface area contributed by atoms with Crippen LogP contribution in [0.25, 0.3) is 0 Å². The van der Waals surface area contributed by atoms with Gasteiger partial charge in [-0.3, -0.25) is 19.2 Å². The number of hydrogen-bond acceptors (Lipinski definition) is 7. The summed E-state index contributed by atoms with van der Waals surface area (Å²) in [5.41, 5.74) is 3.42. The zero-order valence-electron chi connectivity index (χ0n) is 29.0. The highest BCUT2D eigenvalue weighted by Crippen LogP contribution is 2.36. The highest BCUT2D eigenvalue weighted by atomic mass is 16.6. The monoisotopic (exact) mass is 659 g/mol. The van der Waals surface area contributed by atoms with E-state index in [0.29, 0.717) is 32.2 Å². The predicted molar refractivity (Wildman–Crippen MR) is 176 cm³/mol. The third kappa shape index (κ3) is 9.47. The van der Waals surface area contributed by atoms with Gasteiger partial charge in [0, 0.05) is 6.54 Å². The van der Waals surface area contributed by atoms with Crippen LogP contribution in [-0.4, -0.2) is 76.2 Å². The lowest BCUT2D eigenvalue weighted by Gasteiger charge is -2.39. The molecule has 12 nitrogen and oxygen atoms in total. The van der Waals surface area contributed by atoms with E-state index in [0.717, 1.165) is 64.2 Å². The number of ketones is 1. The van der Waals surface area contributed by atoms with Gasteiger partial charge in [0.25, 0.3) is 5.91 Å². The predicted octanol–water partition coefficient (Wildman–Crippen LogP) is 3.49. The molecule has 4 atom stereocenters. The van der Waals surface area contributed by atoms with Crippen LogP contribution in [0, 0.1) is 23.7 Å². The minimum Gasteiger partial charge on any atom is -0.458 e. The first-order chi connectivity index (χ1) is 22.1. The highest BCUT2D eigenvalue weighted by Gasteiger charge is 2.49. The number of hydrogen-bond donors (Lipinski definition) is 4. The van der Waals surface area contributed by atoms with Gasteiger partial charge in [0.05, 0.1) is 6.04 Å². The van der Waals surface area contributed by atoms with E-state index in [-0.39, 0.29) is 29.6 Å². The van der Waals surface area contributed by atoms with Gasteiger partial charge in [-0.25, -0.2) is 9.59 Å². The van der Waals surface area contributed by atoms with Gasteiger partial charge in [0.1, 0.15) is 23.2 Å². The number of rotatable bonds is 12. The molecule has 4 fully saturated rings. The molecule has 1 aliphatic heterocycles. The van der Waals surface area contributed by atoms with Gasteiger partial charge in [0.2, 0.25) is 17.6 Å². The number of nitrogens with zero attached hydrogens (tertiary/aromatic N) is 1. The molecular weight excluding hydrogens is 602 g/mol. The first kappa shape index (κ1) is 36.7. The van der Waals surface area contributed by atoms with Crippen molar-refractivity contribution in [2.75, 3.05) is 6.54 Å². The molecule has 1 saturated heterocycles. The number of nitrogens with two attached hydrogens (primary N) is 1. The molecule has 5 N–H and O–H groups in total. The Morgan fingerprint density at radius 1 is 0.872 bits per heavy atom. The van der Waals surface area contributed by atoms with Crippen LogP contribution in [0.2, 0.25) is 0 Å². The summed E-state index contributed by atoms with van der Waals surface area (Å²) in [4.78, 5) is 81.8. The second-order valence-corrected chi connectivity index (χ2v) is 15.8. The molecule has 0 spiro atoms. The van der Waals surface area contributed by atoms with Crippen LogP contribution >= 0.6 is 0 Å². The number of nitrogens with one attached hydrogen (secondary N) is 3. The van der Waals surface area contributed by atoms with E-state index in [1.165, 1.54) is 0 Å². The van der Waals surface area contributed by atoms with Gasteiger partial charge < -0.3 is 31.3 Å². The maximum Gasteiger partial charge on any atom is 0.332 e. The summed E-state index contributed by atoms with van der Waals surface area (Å²) in [5.74, 6) is -3.22. The fraction of sp³-hybridized carbons (Fsp3) is 0.829. The number of amides is 5. The number of esters is 1. The molecule has 0 aromatic heterocycles. The van der Waals surface area contributed by atoms with Gasteiger partial charge >= 0.3 is 12.0 Å². The molecule has 3 saturated carbocycles. The van der Waals surface area contributed by atoms with E-state index < -0.39 is 58.9 Å². The van der Waals surface area contributed by atoms with Crippen LogP contribution in [0.15, 0.2) is 0 Å². The number of ether oxygens (including phenoxy) is 1. The summed E-state index contributed by atoms with van der Waals surface area (Å²) >= 11 is 0. The fourth-order valence-corrected chi connectivity index (χ4v) is 7.78. The number of likely N-dealkylation sites (tertiary alicyclic amines) is 1. The van der Waals surface area contributed by atoms with Crippen molar-refractivity contribution in [1.82, 2.24) is 20.9 Å². The molecule has 0 radical (unpaired) electrons. The lowest BCUT2D eigenvalue weighted by atomic mass is 9.81. The van der Waals surface area contributed by atoms with Gasteiger partial charge in [-0.15, -0.1) is 0 Å². The van der Waals surface area contributed by atoms with Gasteiger partial charge in [0.15, 0.2) is 0 Å². The van der Waals surface area contributed by atoms with Crippen molar-refractivity contribution in [3.05, 3.63) is 0 Å². The molecule has 47 heavy (non-hydrogen) atoms. The van der Waals surface area contributed by atoms with Gasteiger partial charge in [-0.1, -0.05) is 65.2 Å². The Bertz CT molecular complexity index is 1180. The zero-order chi connectivity index (χ0) is 34.5. The van der Waals surface area contributed by atoms with E-state index in [4.69, 9.17) is 10.5 Å². The average Bonchev–Trinajstić information content (AvgIpc) is 3.71. The highest BCUT2D eigenvalue weighted by molar-refractivity contribution is 6.37. The molecule has 12 heteroatoms. The largest absolute Gasteiger partial charge is 0.458 e. The van der Waals surface area contributed by atoms with Crippen LogP contribution in [0.1, 0.15) is 125 Å². The summed E-state index contributed by atoms with van der Waals surface area (Å²) in [7, 11) is 0. The van der Waals surface area contributed by atoms with Crippen molar-refractivity contribution >= 4 is 35.5 Å². The minimum atomic E-state index is -1.18. The Morgan fingerprint density at radius 3 is 2.04 bits per heavy atom. The van der Waals surface area contributed by atoms with Crippen LogP contribution in [0.3, 0.4) is 0 Å². The lowest BCUT2D eigenvalue weighted by Crippen LogP contribution is -2.63. The smallest absolute Gasteiger partial charge is 0.332 e. The second kappa shape index (κ2) is 15.4. The van der Waals surface area contributed by atoms with E-state index in [1.807, 2.05) is 13.8 Å². The number of primary amides is 1. The zero-order valence-corrected chi connectivity index (χ0v) is 29.0. The molecule has 3 unspecified atom stereocenters. The number of Topliss-reactive ketones (excluding diaryl/α,β-unsaturated/α-hetero) is 1. The molecule has 0 bridgehead atoms. The molecule has 0 aromatic carbocycles. The van der Waals surface area contributed by atoms with Crippen molar-refractivity contribution in [2.45, 2.75) is 154 Å². The summed E-state index contributed by atoms with van der Waals surface area (Å²) in [5, 5.41) is 8.71. The van der Waals surface area contributed by atoms with Crippen LogP contribution in [-0.2, 0) is 28.7 Å². The Hall–Kier alpha value is -3.18. The molecule has 4 aliphatic rings. The molecule has 5 amide bonds. The molecule has 1 heterocycles.